The predicted octanol–water partition coefficient (Wildman–Crippen LogP) is 2.09. The number of carbonyl (C=O) groups is 1. The van der Waals surface area contributed by atoms with E-state index in [0.29, 0.717) is 17.3 Å². The zero-order chi connectivity index (χ0) is 21.8. The number of aromatic nitrogens is 1. The highest BCUT2D eigenvalue weighted by atomic mass is 16.1. The van der Waals surface area contributed by atoms with Crippen LogP contribution in [-0.4, -0.2) is 68.1 Å². The van der Waals surface area contributed by atoms with Crippen LogP contribution in [0.1, 0.15) is 23.7 Å². The van der Waals surface area contributed by atoms with Gasteiger partial charge in [0.25, 0.3) is 5.91 Å². The van der Waals surface area contributed by atoms with Crippen LogP contribution in [0.15, 0.2) is 36.5 Å². The largest absolute Gasteiger partial charge is 0.381 e. The first kappa shape index (κ1) is 21.4. The summed E-state index contributed by atoms with van der Waals surface area (Å²) in [6.45, 7) is 8.38. The van der Waals surface area contributed by atoms with E-state index >= 15 is 0 Å². The van der Waals surface area contributed by atoms with Crippen LogP contribution < -0.4 is 26.6 Å². The lowest BCUT2D eigenvalue weighted by atomic mass is 9.95. The number of likely N-dealkylation sites (N-methyl/N-ethyl adjacent to an activating group) is 1. The van der Waals surface area contributed by atoms with E-state index < -0.39 is 5.91 Å². The first-order valence-corrected chi connectivity index (χ1v) is 11.1. The number of benzene rings is 1. The van der Waals surface area contributed by atoms with Gasteiger partial charge < -0.3 is 31.5 Å². The third kappa shape index (κ3) is 5.26. The summed E-state index contributed by atoms with van der Waals surface area (Å²) in [6, 6.07) is 10.6. The molecule has 1 aromatic heterocycles. The van der Waals surface area contributed by atoms with Gasteiger partial charge in [0.1, 0.15) is 5.82 Å². The monoisotopic (exact) mass is 423 g/mol. The zero-order valence-electron chi connectivity index (χ0n) is 18.4. The summed E-state index contributed by atoms with van der Waals surface area (Å²) in [5.74, 6) is 0.669. The molecule has 0 radical (unpaired) electrons. The molecule has 2 atom stereocenters. The molecule has 31 heavy (non-hydrogen) atoms. The summed E-state index contributed by atoms with van der Waals surface area (Å²) in [4.78, 5) is 21.1. The van der Waals surface area contributed by atoms with E-state index in [1.54, 1.807) is 6.20 Å². The van der Waals surface area contributed by atoms with Crippen LogP contribution in [0.2, 0.25) is 0 Å². The van der Waals surface area contributed by atoms with Crippen LogP contribution in [0.4, 0.5) is 22.9 Å². The number of nitrogens with two attached hydrogens (primary N) is 1. The Morgan fingerprint density at radius 1 is 1.19 bits per heavy atom. The SMILES string of the molecule is C[C@H]1CNCC[C@H]1Nc1cc(Nc2ccc(N3CCN(C)CC3)cc2)ncc1C(N)=O. The minimum absolute atomic E-state index is 0.289. The van der Waals surface area contributed by atoms with E-state index in [0.717, 1.165) is 57.1 Å². The van der Waals surface area contributed by atoms with Crippen LogP contribution in [-0.2, 0) is 0 Å². The highest BCUT2D eigenvalue weighted by Gasteiger charge is 2.23. The van der Waals surface area contributed by atoms with Crippen molar-refractivity contribution in [3.8, 4) is 0 Å². The first-order valence-electron chi connectivity index (χ1n) is 11.1. The Morgan fingerprint density at radius 3 is 2.61 bits per heavy atom. The van der Waals surface area contributed by atoms with Crippen molar-refractivity contribution in [3.05, 3.63) is 42.1 Å². The van der Waals surface area contributed by atoms with E-state index in [9.17, 15) is 4.79 Å². The quantitative estimate of drug-likeness (QED) is 0.565. The van der Waals surface area contributed by atoms with E-state index in [1.165, 1.54) is 5.69 Å². The number of nitrogens with one attached hydrogen (secondary N) is 3. The van der Waals surface area contributed by atoms with Crippen LogP contribution in [0.25, 0.3) is 0 Å². The number of primary amides is 1. The Hall–Kier alpha value is -2.84. The molecule has 166 valence electrons. The van der Waals surface area contributed by atoms with Crippen molar-refractivity contribution < 1.29 is 4.79 Å². The maximum atomic E-state index is 11.9. The van der Waals surface area contributed by atoms with Gasteiger partial charge in [0.2, 0.25) is 0 Å². The summed E-state index contributed by atoms with van der Waals surface area (Å²) in [7, 11) is 2.16. The maximum absolute atomic E-state index is 11.9. The van der Waals surface area contributed by atoms with Crippen LogP contribution in [0, 0.1) is 5.92 Å². The molecule has 2 aliphatic rings. The van der Waals surface area contributed by atoms with Crippen molar-refractivity contribution in [1.82, 2.24) is 15.2 Å². The average Bonchev–Trinajstić information content (AvgIpc) is 2.76. The molecule has 8 nitrogen and oxygen atoms in total. The summed E-state index contributed by atoms with van der Waals surface area (Å²) in [6.07, 6.45) is 2.55. The van der Waals surface area contributed by atoms with Gasteiger partial charge in [0, 0.05) is 55.9 Å². The molecule has 0 unspecified atom stereocenters. The number of anilines is 4. The lowest BCUT2D eigenvalue weighted by Crippen LogP contribution is -2.44. The number of nitrogens with zero attached hydrogens (tertiary/aromatic N) is 3. The molecule has 2 saturated heterocycles. The Labute approximate surface area is 184 Å². The number of hydrogen-bond acceptors (Lipinski definition) is 7. The van der Waals surface area contributed by atoms with Crippen molar-refractivity contribution in [2.45, 2.75) is 19.4 Å². The van der Waals surface area contributed by atoms with Gasteiger partial charge >= 0.3 is 0 Å². The predicted molar refractivity (Wildman–Crippen MR) is 126 cm³/mol. The molecule has 2 fully saturated rings. The van der Waals surface area contributed by atoms with Crippen molar-refractivity contribution in [2.75, 3.05) is 61.8 Å². The molecular formula is C23H33N7O. The van der Waals surface area contributed by atoms with Gasteiger partial charge in [-0.1, -0.05) is 6.92 Å². The molecule has 0 saturated carbocycles. The summed E-state index contributed by atoms with van der Waals surface area (Å²) in [5.41, 5.74) is 8.94. The summed E-state index contributed by atoms with van der Waals surface area (Å²) >= 11 is 0. The second-order valence-corrected chi connectivity index (χ2v) is 8.66. The molecule has 2 aromatic rings. The molecule has 0 bridgehead atoms. The second kappa shape index (κ2) is 9.53. The van der Waals surface area contributed by atoms with Crippen molar-refractivity contribution in [2.24, 2.45) is 11.7 Å². The van der Waals surface area contributed by atoms with Crippen LogP contribution in [0.5, 0.6) is 0 Å². The lowest BCUT2D eigenvalue weighted by Gasteiger charge is -2.34. The molecule has 5 N–H and O–H groups in total. The molecule has 4 rings (SSSR count). The molecule has 0 spiro atoms. The standard InChI is InChI=1S/C23H33N7O/c1-16-14-25-8-7-20(16)28-21-13-22(26-15-19(21)23(24)31)27-17-3-5-18(6-4-17)30-11-9-29(2)10-12-30/h3-6,13,15-16,20,25H,7-12,14H2,1-2H3,(H2,24,31)(H2,26,27,28)/t16-,20+/m0/s1. The summed E-state index contributed by atoms with van der Waals surface area (Å²) in [5, 5.41) is 10.3. The Balaban J connectivity index is 1.47. The molecule has 1 aromatic carbocycles. The number of carbonyl (C=O) groups excluding carboxylic acids is 1. The molecule has 2 aliphatic heterocycles. The Morgan fingerprint density at radius 2 is 1.94 bits per heavy atom. The third-order valence-electron chi connectivity index (χ3n) is 6.30. The van der Waals surface area contributed by atoms with Gasteiger partial charge in [0.05, 0.1) is 11.3 Å². The minimum atomic E-state index is -0.473. The van der Waals surface area contributed by atoms with Gasteiger partial charge in [0.15, 0.2) is 0 Å². The fourth-order valence-electron chi connectivity index (χ4n) is 4.24. The van der Waals surface area contributed by atoms with Crippen molar-refractivity contribution in [1.29, 1.82) is 0 Å². The fraction of sp³-hybridized carbons (Fsp3) is 0.478. The molecule has 1 amide bonds. The fourth-order valence-corrected chi connectivity index (χ4v) is 4.24. The topological polar surface area (TPSA) is 98.6 Å². The summed E-state index contributed by atoms with van der Waals surface area (Å²) < 4.78 is 0. The number of amides is 1. The molecular weight excluding hydrogens is 390 g/mol. The number of rotatable bonds is 6. The van der Waals surface area contributed by atoms with Gasteiger partial charge in [-0.05, 0) is 56.7 Å². The first-order chi connectivity index (χ1) is 15.0. The third-order valence-corrected chi connectivity index (χ3v) is 6.30. The highest BCUT2D eigenvalue weighted by molar-refractivity contribution is 5.98. The Bertz CT molecular complexity index is 893. The maximum Gasteiger partial charge on any atom is 0.252 e. The number of hydrogen-bond donors (Lipinski definition) is 4. The van der Waals surface area contributed by atoms with Crippen LogP contribution in [0.3, 0.4) is 0 Å². The van der Waals surface area contributed by atoms with Crippen LogP contribution >= 0.6 is 0 Å². The number of pyridine rings is 1. The van der Waals surface area contributed by atoms with E-state index in [4.69, 9.17) is 5.73 Å². The lowest BCUT2D eigenvalue weighted by molar-refractivity contribution is 0.100. The van der Waals surface area contributed by atoms with Crippen molar-refractivity contribution >= 4 is 28.8 Å². The molecule has 3 heterocycles. The van der Waals surface area contributed by atoms with Gasteiger partial charge in [-0.25, -0.2) is 4.98 Å². The minimum Gasteiger partial charge on any atom is -0.381 e. The van der Waals surface area contributed by atoms with Gasteiger partial charge in [-0.3, -0.25) is 4.79 Å². The van der Waals surface area contributed by atoms with Crippen molar-refractivity contribution in [3.63, 3.8) is 0 Å². The zero-order valence-corrected chi connectivity index (χ0v) is 18.4. The van der Waals surface area contributed by atoms with Gasteiger partial charge in [-0.2, -0.15) is 0 Å². The number of piperazine rings is 1. The van der Waals surface area contributed by atoms with E-state index in [1.807, 2.05) is 6.07 Å². The highest BCUT2D eigenvalue weighted by Crippen LogP contribution is 2.26. The Kier molecular flexibility index (Phi) is 6.58. The number of piperidine rings is 1. The molecule has 8 heteroatoms. The van der Waals surface area contributed by atoms with E-state index in [-0.39, 0.29) is 6.04 Å². The van der Waals surface area contributed by atoms with Gasteiger partial charge in [-0.15, -0.1) is 0 Å². The smallest absolute Gasteiger partial charge is 0.252 e. The second-order valence-electron chi connectivity index (χ2n) is 8.66. The normalized spacial score (nSPS) is 22.2. The van der Waals surface area contributed by atoms with E-state index in [2.05, 4.69) is 69.0 Å². The molecule has 0 aliphatic carbocycles. The average molecular weight is 424 g/mol.